The summed E-state index contributed by atoms with van der Waals surface area (Å²) in [7, 11) is 0. The highest BCUT2D eigenvalue weighted by atomic mass is 35.5. The largest absolute Gasteiger partial charge is 0.454 e. The van der Waals surface area contributed by atoms with Crippen molar-refractivity contribution in [3.8, 4) is 22.9 Å². The second kappa shape index (κ2) is 6.63. The first-order valence-corrected chi connectivity index (χ1v) is 8.56. The summed E-state index contributed by atoms with van der Waals surface area (Å²) in [5, 5.41) is 5.20. The van der Waals surface area contributed by atoms with E-state index in [1.54, 1.807) is 48.0 Å². The number of carbonyl (C=O) groups is 1. The van der Waals surface area contributed by atoms with Crippen molar-refractivity contribution in [3.05, 3.63) is 57.8 Å². The van der Waals surface area contributed by atoms with E-state index in [1.807, 2.05) is 0 Å². The second-order valence-corrected chi connectivity index (χ2v) is 6.57. The van der Waals surface area contributed by atoms with Gasteiger partial charge in [-0.1, -0.05) is 23.2 Å². The molecule has 0 spiro atoms. The van der Waals surface area contributed by atoms with Crippen LogP contribution in [0.4, 0.5) is 0 Å². The van der Waals surface area contributed by atoms with Gasteiger partial charge in [-0.25, -0.2) is 9.67 Å². The third-order valence-corrected chi connectivity index (χ3v) is 4.68. The van der Waals surface area contributed by atoms with E-state index >= 15 is 0 Å². The molecule has 2 aromatic carbocycles. The number of rotatable bonds is 4. The maximum atomic E-state index is 12.7. The van der Waals surface area contributed by atoms with Gasteiger partial charge in [-0.3, -0.25) is 4.79 Å². The highest BCUT2D eigenvalue weighted by Crippen LogP contribution is 2.33. The van der Waals surface area contributed by atoms with Gasteiger partial charge in [-0.15, -0.1) is 0 Å². The molecule has 6 nitrogen and oxygen atoms in total. The molecule has 0 N–H and O–H groups in total. The van der Waals surface area contributed by atoms with Crippen molar-refractivity contribution in [2.45, 2.75) is 13.5 Å². The maximum Gasteiger partial charge on any atom is 0.231 e. The van der Waals surface area contributed by atoms with Gasteiger partial charge >= 0.3 is 0 Å². The Hall–Kier alpha value is -2.57. The van der Waals surface area contributed by atoms with Crippen LogP contribution in [0.15, 0.2) is 36.4 Å². The minimum absolute atomic E-state index is 0.0378. The zero-order valence-electron chi connectivity index (χ0n) is 13.7. The van der Waals surface area contributed by atoms with E-state index in [0.717, 1.165) is 5.56 Å². The highest BCUT2D eigenvalue weighted by Gasteiger charge is 2.19. The molecular weight excluding hydrogens is 377 g/mol. The number of carbonyl (C=O) groups excluding carboxylic acids is 1. The van der Waals surface area contributed by atoms with E-state index in [0.29, 0.717) is 38.8 Å². The van der Waals surface area contributed by atoms with Crippen LogP contribution in [-0.2, 0) is 6.54 Å². The number of Topliss-reactive ketones (excluding diaryl/α,β-unsaturated/α-hetero) is 1. The second-order valence-electron chi connectivity index (χ2n) is 5.76. The zero-order chi connectivity index (χ0) is 18.3. The maximum absolute atomic E-state index is 12.7. The van der Waals surface area contributed by atoms with Gasteiger partial charge in [-0.05, 0) is 43.3 Å². The van der Waals surface area contributed by atoms with E-state index in [4.69, 9.17) is 32.7 Å². The van der Waals surface area contributed by atoms with Crippen molar-refractivity contribution < 1.29 is 14.3 Å². The normalized spacial score (nSPS) is 12.4. The number of fused-ring (bicyclic) bond motifs is 1. The molecule has 1 aromatic heterocycles. The number of ketones is 1. The van der Waals surface area contributed by atoms with Crippen LogP contribution in [0, 0.1) is 6.92 Å². The third kappa shape index (κ3) is 3.13. The Kier molecular flexibility index (Phi) is 4.30. The molecule has 0 atom stereocenters. The van der Waals surface area contributed by atoms with Crippen molar-refractivity contribution in [1.29, 1.82) is 0 Å². The number of aryl methyl sites for hydroxylation is 1. The molecule has 0 unspecified atom stereocenters. The molecular formula is C18H13Cl2N3O3. The fraction of sp³-hybridized carbons (Fsp3) is 0.167. The van der Waals surface area contributed by atoms with Gasteiger partial charge in [0.15, 0.2) is 23.1 Å². The van der Waals surface area contributed by atoms with Crippen molar-refractivity contribution in [3.63, 3.8) is 0 Å². The number of ether oxygens (including phenoxy) is 2. The van der Waals surface area contributed by atoms with E-state index in [2.05, 4.69) is 10.1 Å². The lowest BCUT2D eigenvalue weighted by atomic mass is 10.1. The average Bonchev–Trinajstić information content (AvgIpc) is 3.23. The first-order chi connectivity index (χ1) is 12.5. The Balaban J connectivity index is 1.64. The average molecular weight is 390 g/mol. The lowest BCUT2D eigenvalue weighted by molar-refractivity contribution is 0.0967. The predicted octanol–water partition coefficient (Wildman–Crippen LogP) is 4.17. The number of halogens is 2. The number of hydrogen-bond donors (Lipinski definition) is 0. The first kappa shape index (κ1) is 16.9. The summed E-state index contributed by atoms with van der Waals surface area (Å²) in [5.41, 5.74) is 1.25. The summed E-state index contributed by atoms with van der Waals surface area (Å²) in [5.74, 6) is 2.19. The van der Waals surface area contributed by atoms with Crippen LogP contribution in [0.5, 0.6) is 11.5 Å². The van der Waals surface area contributed by atoms with Crippen LogP contribution in [0.1, 0.15) is 16.2 Å². The molecule has 132 valence electrons. The van der Waals surface area contributed by atoms with E-state index in [9.17, 15) is 4.79 Å². The van der Waals surface area contributed by atoms with Crippen LogP contribution >= 0.6 is 23.2 Å². The van der Waals surface area contributed by atoms with Gasteiger partial charge in [0.25, 0.3) is 0 Å². The molecule has 0 saturated carbocycles. The Morgan fingerprint density at radius 1 is 1.12 bits per heavy atom. The van der Waals surface area contributed by atoms with Gasteiger partial charge in [-0.2, -0.15) is 5.10 Å². The van der Waals surface area contributed by atoms with Gasteiger partial charge in [0.05, 0.1) is 10.0 Å². The molecule has 1 aliphatic heterocycles. The van der Waals surface area contributed by atoms with Crippen molar-refractivity contribution in [1.82, 2.24) is 14.8 Å². The Morgan fingerprint density at radius 3 is 2.73 bits per heavy atom. The van der Waals surface area contributed by atoms with Crippen LogP contribution in [-0.4, -0.2) is 27.3 Å². The predicted molar refractivity (Wildman–Crippen MR) is 97.1 cm³/mol. The third-order valence-electron chi connectivity index (χ3n) is 3.94. The van der Waals surface area contributed by atoms with Crippen molar-refractivity contribution >= 4 is 29.0 Å². The van der Waals surface area contributed by atoms with Gasteiger partial charge in [0.1, 0.15) is 12.4 Å². The topological polar surface area (TPSA) is 66.2 Å². The minimum atomic E-state index is -0.116. The number of aromatic nitrogens is 3. The molecule has 0 aliphatic carbocycles. The minimum Gasteiger partial charge on any atom is -0.454 e. The van der Waals surface area contributed by atoms with Crippen LogP contribution in [0.2, 0.25) is 10.0 Å². The Labute approximate surface area is 159 Å². The number of benzene rings is 2. The zero-order valence-corrected chi connectivity index (χ0v) is 15.2. The summed E-state index contributed by atoms with van der Waals surface area (Å²) >= 11 is 12.1. The molecule has 0 amide bonds. The summed E-state index contributed by atoms with van der Waals surface area (Å²) in [6, 6.07) is 10.3. The monoisotopic (exact) mass is 389 g/mol. The van der Waals surface area contributed by atoms with Crippen LogP contribution in [0.25, 0.3) is 11.4 Å². The van der Waals surface area contributed by atoms with E-state index in [-0.39, 0.29) is 19.1 Å². The summed E-state index contributed by atoms with van der Waals surface area (Å²) in [6.07, 6.45) is 0. The summed E-state index contributed by atoms with van der Waals surface area (Å²) < 4.78 is 12.2. The molecule has 26 heavy (non-hydrogen) atoms. The molecule has 2 heterocycles. The van der Waals surface area contributed by atoms with Crippen molar-refractivity contribution in [2.75, 3.05) is 6.79 Å². The lowest BCUT2D eigenvalue weighted by Gasteiger charge is -2.07. The van der Waals surface area contributed by atoms with Crippen LogP contribution < -0.4 is 9.47 Å². The Bertz CT molecular complexity index is 1020. The van der Waals surface area contributed by atoms with E-state index < -0.39 is 0 Å². The highest BCUT2D eigenvalue weighted by molar-refractivity contribution is 6.42. The first-order valence-electron chi connectivity index (χ1n) is 7.81. The van der Waals surface area contributed by atoms with Gasteiger partial charge in [0.2, 0.25) is 6.79 Å². The summed E-state index contributed by atoms with van der Waals surface area (Å²) in [6.45, 7) is 1.97. The molecule has 0 radical (unpaired) electrons. The fourth-order valence-electron chi connectivity index (χ4n) is 2.71. The number of hydrogen-bond acceptors (Lipinski definition) is 5. The summed E-state index contributed by atoms with van der Waals surface area (Å²) in [4.78, 5) is 17.1. The molecule has 0 fully saturated rings. The molecule has 0 bridgehead atoms. The van der Waals surface area contributed by atoms with Gasteiger partial charge < -0.3 is 9.47 Å². The molecule has 8 heteroatoms. The SMILES string of the molecule is Cc1nc(-c2ccc(Cl)c(Cl)c2)n(CC(=O)c2ccc3c(c2)OCO3)n1. The molecule has 3 aromatic rings. The standard InChI is InChI=1S/C18H13Cl2N3O3/c1-10-21-18(12-2-4-13(19)14(20)6-12)23(22-10)8-15(24)11-3-5-16-17(7-11)26-9-25-16/h2-7H,8-9H2,1H3. The van der Waals surface area contributed by atoms with E-state index in [1.165, 1.54) is 0 Å². The van der Waals surface area contributed by atoms with Crippen LogP contribution in [0.3, 0.4) is 0 Å². The number of nitrogens with zero attached hydrogens (tertiary/aromatic N) is 3. The quantitative estimate of drug-likeness (QED) is 0.626. The lowest BCUT2D eigenvalue weighted by Crippen LogP contribution is -2.13. The van der Waals surface area contributed by atoms with Crippen molar-refractivity contribution in [2.24, 2.45) is 0 Å². The molecule has 4 rings (SSSR count). The fourth-order valence-corrected chi connectivity index (χ4v) is 3.01. The molecule has 1 aliphatic rings. The smallest absolute Gasteiger partial charge is 0.231 e. The van der Waals surface area contributed by atoms with Gasteiger partial charge in [0, 0.05) is 11.1 Å². The molecule has 0 saturated heterocycles. The Morgan fingerprint density at radius 2 is 1.92 bits per heavy atom.